The van der Waals surface area contributed by atoms with Crippen LogP contribution in [0.4, 0.5) is 0 Å². The standard InChI is InChI=1S/C22H43N3O3.HI/c1-2-23-22(25-14-9-15-26-18-20-12-17-27-19-20)24-13-7-4-8-16-28-21-10-5-3-6-11-21;/h20-21H,2-19H2,1H3,(H2,23,24,25);1H. The van der Waals surface area contributed by atoms with Gasteiger partial charge in [0.25, 0.3) is 0 Å². The Morgan fingerprint density at radius 3 is 2.62 bits per heavy atom. The quantitative estimate of drug-likeness (QED) is 0.155. The Bertz CT molecular complexity index is 401. The summed E-state index contributed by atoms with van der Waals surface area (Å²) in [6.07, 6.45) is 12.8. The predicted octanol–water partition coefficient (Wildman–Crippen LogP) is 4.12. The van der Waals surface area contributed by atoms with Gasteiger partial charge in [0.15, 0.2) is 5.96 Å². The first-order valence-electron chi connectivity index (χ1n) is 11.7. The van der Waals surface area contributed by atoms with Crippen molar-refractivity contribution in [2.24, 2.45) is 10.9 Å². The van der Waals surface area contributed by atoms with Crippen LogP contribution in [-0.4, -0.2) is 64.7 Å². The molecule has 2 fully saturated rings. The molecule has 1 saturated carbocycles. The Labute approximate surface area is 195 Å². The number of rotatable bonds is 14. The van der Waals surface area contributed by atoms with E-state index in [0.717, 1.165) is 84.3 Å². The minimum absolute atomic E-state index is 0. The van der Waals surface area contributed by atoms with Crippen molar-refractivity contribution in [1.29, 1.82) is 0 Å². The zero-order valence-corrected chi connectivity index (χ0v) is 20.8. The van der Waals surface area contributed by atoms with E-state index in [9.17, 15) is 0 Å². The molecule has 7 heteroatoms. The zero-order chi connectivity index (χ0) is 19.7. The molecule has 1 atom stereocenters. The largest absolute Gasteiger partial charge is 0.381 e. The van der Waals surface area contributed by atoms with E-state index in [4.69, 9.17) is 14.2 Å². The number of nitrogens with one attached hydrogen (secondary N) is 2. The smallest absolute Gasteiger partial charge is 0.191 e. The molecule has 2 rings (SSSR count). The molecule has 29 heavy (non-hydrogen) atoms. The Morgan fingerprint density at radius 1 is 1.00 bits per heavy atom. The number of unbranched alkanes of at least 4 members (excludes halogenated alkanes) is 2. The van der Waals surface area contributed by atoms with Crippen LogP contribution in [-0.2, 0) is 14.2 Å². The number of hydrogen-bond donors (Lipinski definition) is 2. The van der Waals surface area contributed by atoms with Crippen LogP contribution in [0.1, 0.15) is 71.1 Å². The summed E-state index contributed by atoms with van der Waals surface area (Å²) in [4.78, 5) is 4.64. The van der Waals surface area contributed by atoms with Gasteiger partial charge >= 0.3 is 0 Å². The van der Waals surface area contributed by atoms with E-state index < -0.39 is 0 Å². The molecule has 0 bridgehead atoms. The Morgan fingerprint density at radius 2 is 1.86 bits per heavy atom. The van der Waals surface area contributed by atoms with E-state index in [0.29, 0.717) is 12.0 Å². The fourth-order valence-electron chi connectivity index (χ4n) is 3.76. The minimum Gasteiger partial charge on any atom is -0.381 e. The van der Waals surface area contributed by atoms with Gasteiger partial charge in [0.1, 0.15) is 0 Å². The molecule has 0 aromatic rings. The van der Waals surface area contributed by atoms with Crippen molar-refractivity contribution in [2.75, 3.05) is 52.7 Å². The van der Waals surface area contributed by atoms with E-state index in [1.54, 1.807) is 0 Å². The first-order chi connectivity index (χ1) is 13.9. The van der Waals surface area contributed by atoms with Crippen molar-refractivity contribution >= 4 is 29.9 Å². The number of guanidine groups is 1. The number of ether oxygens (including phenoxy) is 3. The fourth-order valence-corrected chi connectivity index (χ4v) is 3.76. The predicted molar refractivity (Wildman–Crippen MR) is 130 cm³/mol. The summed E-state index contributed by atoms with van der Waals surface area (Å²) in [6, 6.07) is 0. The van der Waals surface area contributed by atoms with Crippen LogP contribution < -0.4 is 10.6 Å². The second kappa shape index (κ2) is 18.6. The van der Waals surface area contributed by atoms with Crippen LogP contribution in [0.25, 0.3) is 0 Å². The molecule has 1 unspecified atom stereocenters. The van der Waals surface area contributed by atoms with E-state index in [-0.39, 0.29) is 24.0 Å². The second-order valence-corrected chi connectivity index (χ2v) is 8.04. The average Bonchev–Trinajstić information content (AvgIpc) is 3.24. The number of aliphatic imine (C=N–C) groups is 1. The van der Waals surface area contributed by atoms with Gasteiger partial charge < -0.3 is 24.8 Å². The number of halogens is 1. The highest BCUT2D eigenvalue weighted by molar-refractivity contribution is 14.0. The maximum atomic E-state index is 5.99. The molecular formula is C22H44IN3O3. The van der Waals surface area contributed by atoms with E-state index in [1.807, 2.05) is 0 Å². The van der Waals surface area contributed by atoms with Gasteiger partial charge in [-0.15, -0.1) is 24.0 Å². The van der Waals surface area contributed by atoms with E-state index in [2.05, 4.69) is 22.5 Å². The third kappa shape index (κ3) is 13.7. The van der Waals surface area contributed by atoms with E-state index in [1.165, 1.54) is 38.5 Å². The van der Waals surface area contributed by atoms with Crippen LogP contribution in [0.3, 0.4) is 0 Å². The van der Waals surface area contributed by atoms with Crippen molar-refractivity contribution < 1.29 is 14.2 Å². The molecule has 0 spiro atoms. The Hall–Kier alpha value is -0.120. The normalized spacial score (nSPS) is 20.4. The summed E-state index contributed by atoms with van der Waals surface area (Å²) in [7, 11) is 0. The van der Waals surface area contributed by atoms with Gasteiger partial charge in [-0.25, -0.2) is 0 Å². The molecular weight excluding hydrogens is 481 g/mol. The van der Waals surface area contributed by atoms with Crippen LogP contribution in [0.2, 0.25) is 0 Å². The molecule has 1 aliphatic heterocycles. The molecule has 0 aromatic carbocycles. The van der Waals surface area contributed by atoms with Crippen LogP contribution >= 0.6 is 24.0 Å². The molecule has 172 valence electrons. The van der Waals surface area contributed by atoms with Crippen molar-refractivity contribution in [1.82, 2.24) is 10.6 Å². The maximum absolute atomic E-state index is 5.99. The molecule has 2 aliphatic rings. The summed E-state index contributed by atoms with van der Waals surface area (Å²) in [5, 5.41) is 6.76. The Balaban J connectivity index is 0.00000420. The highest BCUT2D eigenvalue weighted by atomic mass is 127. The molecule has 0 aromatic heterocycles. The van der Waals surface area contributed by atoms with Crippen molar-refractivity contribution in [3.8, 4) is 0 Å². The fraction of sp³-hybridized carbons (Fsp3) is 0.955. The summed E-state index contributed by atoms with van der Waals surface area (Å²) in [5.74, 6) is 1.51. The first-order valence-corrected chi connectivity index (χ1v) is 11.7. The van der Waals surface area contributed by atoms with E-state index >= 15 is 0 Å². The van der Waals surface area contributed by atoms with Gasteiger partial charge in [0, 0.05) is 45.4 Å². The number of hydrogen-bond acceptors (Lipinski definition) is 4. The van der Waals surface area contributed by atoms with Crippen LogP contribution in [0.5, 0.6) is 0 Å². The third-order valence-electron chi connectivity index (χ3n) is 5.46. The summed E-state index contributed by atoms with van der Waals surface area (Å²) < 4.78 is 17.1. The van der Waals surface area contributed by atoms with Gasteiger partial charge in [0.05, 0.1) is 19.3 Å². The first kappa shape index (κ1) is 26.9. The maximum Gasteiger partial charge on any atom is 0.191 e. The van der Waals surface area contributed by atoms with Crippen LogP contribution in [0, 0.1) is 5.92 Å². The molecule has 1 heterocycles. The summed E-state index contributed by atoms with van der Waals surface area (Å²) >= 11 is 0. The highest BCUT2D eigenvalue weighted by Gasteiger charge is 2.15. The van der Waals surface area contributed by atoms with Gasteiger partial charge in [-0.1, -0.05) is 19.3 Å². The van der Waals surface area contributed by atoms with Crippen LogP contribution in [0.15, 0.2) is 4.99 Å². The zero-order valence-electron chi connectivity index (χ0n) is 18.5. The summed E-state index contributed by atoms with van der Waals surface area (Å²) in [6.45, 7) is 9.03. The molecule has 0 amide bonds. The van der Waals surface area contributed by atoms with Crippen molar-refractivity contribution in [3.05, 3.63) is 0 Å². The third-order valence-corrected chi connectivity index (χ3v) is 5.46. The van der Waals surface area contributed by atoms with Gasteiger partial charge in [0.2, 0.25) is 0 Å². The minimum atomic E-state index is 0. The molecule has 2 N–H and O–H groups in total. The molecule has 1 saturated heterocycles. The number of nitrogens with zero attached hydrogens (tertiary/aromatic N) is 1. The SMILES string of the molecule is CCNC(=NCCCOCC1CCOC1)NCCCCCOC1CCCCC1.I. The second-order valence-electron chi connectivity index (χ2n) is 8.04. The monoisotopic (exact) mass is 525 g/mol. The average molecular weight is 526 g/mol. The highest BCUT2D eigenvalue weighted by Crippen LogP contribution is 2.20. The molecule has 1 aliphatic carbocycles. The Kier molecular flexibility index (Phi) is 17.3. The van der Waals surface area contributed by atoms with Crippen molar-refractivity contribution in [2.45, 2.75) is 77.2 Å². The van der Waals surface area contributed by atoms with Gasteiger partial charge in [-0.2, -0.15) is 0 Å². The molecule has 6 nitrogen and oxygen atoms in total. The lowest BCUT2D eigenvalue weighted by molar-refractivity contribution is 0.0264. The van der Waals surface area contributed by atoms with Gasteiger partial charge in [-0.3, -0.25) is 4.99 Å². The lowest BCUT2D eigenvalue weighted by Crippen LogP contribution is -2.37. The van der Waals surface area contributed by atoms with Crippen molar-refractivity contribution in [3.63, 3.8) is 0 Å². The topological polar surface area (TPSA) is 64.1 Å². The van der Waals surface area contributed by atoms with Gasteiger partial charge in [-0.05, 0) is 51.9 Å². The lowest BCUT2D eigenvalue weighted by Gasteiger charge is -2.21. The lowest BCUT2D eigenvalue weighted by atomic mass is 9.98. The summed E-state index contributed by atoms with van der Waals surface area (Å²) in [5.41, 5.74) is 0. The molecule has 0 radical (unpaired) electrons.